The van der Waals surface area contributed by atoms with Crippen LogP contribution in [0.1, 0.15) is 23.8 Å². The van der Waals surface area contributed by atoms with Gasteiger partial charge in [0.05, 0.1) is 12.3 Å². The van der Waals surface area contributed by atoms with Gasteiger partial charge in [0.2, 0.25) is 5.69 Å². The maximum atomic E-state index is 14.4. The zero-order valence-electron chi connectivity index (χ0n) is 17.9. The molecule has 0 amide bonds. The van der Waals surface area contributed by atoms with Gasteiger partial charge in [-0.2, -0.15) is 4.57 Å². The molecule has 0 saturated heterocycles. The van der Waals surface area contributed by atoms with Crippen molar-refractivity contribution in [2.45, 2.75) is 27.7 Å². The lowest BCUT2D eigenvalue weighted by molar-refractivity contribution is -0.665. The number of nitrogens with zero attached hydrogens (tertiary/aromatic N) is 2. The summed E-state index contributed by atoms with van der Waals surface area (Å²) in [5.41, 5.74) is 7.17. The zero-order chi connectivity index (χ0) is 20.9. The van der Waals surface area contributed by atoms with Gasteiger partial charge in [0.1, 0.15) is 12.9 Å². The zero-order valence-corrected chi connectivity index (χ0v) is 16.9. The number of pyridine rings is 2. The van der Waals surface area contributed by atoms with E-state index in [4.69, 9.17) is 1.37 Å². The highest BCUT2D eigenvalue weighted by Crippen LogP contribution is 2.34. The van der Waals surface area contributed by atoms with Gasteiger partial charge in [-0.1, -0.05) is 12.1 Å². The molecule has 0 bridgehead atoms. The molecular formula is C25H24FN2+. The fourth-order valence-electron chi connectivity index (χ4n) is 3.82. The third-order valence-electron chi connectivity index (χ3n) is 5.68. The van der Waals surface area contributed by atoms with Crippen LogP contribution in [0.15, 0.2) is 54.8 Å². The van der Waals surface area contributed by atoms with Crippen LogP contribution in [0.5, 0.6) is 0 Å². The van der Waals surface area contributed by atoms with Gasteiger partial charge >= 0.3 is 0 Å². The van der Waals surface area contributed by atoms with Crippen LogP contribution in [0.25, 0.3) is 33.2 Å². The summed E-state index contributed by atoms with van der Waals surface area (Å²) in [4.78, 5) is 4.21. The number of aryl methyl sites for hydroxylation is 1. The van der Waals surface area contributed by atoms with Gasteiger partial charge < -0.3 is 0 Å². The summed E-state index contributed by atoms with van der Waals surface area (Å²) in [6.07, 6.45) is 3.59. The number of rotatable bonds is 2. The highest BCUT2D eigenvalue weighted by Gasteiger charge is 2.22. The molecule has 0 fully saturated rings. The Morgan fingerprint density at radius 3 is 2.50 bits per heavy atom. The predicted octanol–water partition coefficient (Wildman–Crippen LogP) is 5.77. The van der Waals surface area contributed by atoms with E-state index < -0.39 is 0 Å². The van der Waals surface area contributed by atoms with Crippen molar-refractivity contribution >= 4 is 10.8 Å². The van der Waals surface area contributed by atoms with Gasteiger partial charge in [0, 0.05) is 30.9 Å². The average Bonchev–Trinajstić information content (AvgIpc) is 2.74. The first-order chi connectivity index (χ1) is 13.8. The Kier molecular flexibility index (Phi) is 4.16. The molecule has 2 nitrogen and oxygen atoms in total. The second-order valence-corrected chi connectivity index (χ2v) is 7.43. The minimum atomic E-state index is -0.147. The summed E-state index contributed by atoms with van der Waals surface area (Å²) < 4.78 is 25.2. The van der Waals surface area contributed by atoms with Crippen molar-refractivity contribution in [1.29, 1.82) is 0 Å². The van der Waals surface area contributed by atoms with Gasteiger partial charge in [-0.25, -0.2) is 4.39 Å². The summed E-state index contributed by atoms with van der Waals surface area (Å²) >= 11 is 0. The van der Waals surface area contributed by atoms with E-state index in [-0.39, 0.29) is 5.82 Å². The van der Waals surface area contributed by atoms with Gasteiger partial charge in [0.15, 0.2) is 5.69 Å². The van der Waals surface area contributed by atoms with Gasteiger partial charge in [-0.3, -0.25) is 4.98 Å². The third-order valence-corrected chi connectivity index (χ3v) is 5.68. The predicted molar refractivity (Wildman–Crippen MR) is 113 cm³/mol. The standard InChI is InChI=1S/C25H24FN2/c1-15-11-23(17(3)18(4)24(15)26)25-22-9-8-19(20-7-6-10-27-14-20)13-21(22)12-16(2)28(25)5/h6-14H,1-5H3/q+1/i12D. The van der Waals surface area contributed by atoms with E-state index in [1.54, 1.807) is 13.1 Å². The smallest absolute Gasteiger partial charge is 0.220 e. The van der Waals surface area contributed by atoms with E-state index in [9.17, 15) is 4.39 Å². The lowest BCUT2D eigenvalue weighted by Crippen LogP contribution is -2.35. The van der Waals surface area contributed by atoms with Crippen molar-refractivity contribution in [1.82, 2.24) is 4.98 Å². The second-order valence-electron chi connectivity index (χ2n) is 7.43. The molecule has 2 heterocycles. The Morgan fingerprint density at radius 1 is 1.00 bits per heavy atom. The van der Waals surface area contributed by atoms with Crippen LogP contribution < -0.4 is 4.57 Å². The van der Waals surface area contributed by atoms with Crippen molar-refractivity contribution in [3.63, 3.8) is 0 Å². The maximum Gasteiger partial charge on any atom is 0.220 e. The Hall–Kier alpha value is -3.07. The molecule has 0 radical (unpaired) electrons. The van der Waals surface area contributed by atoms with Crippen molar-refractivity contribution < 1.29 is 10.3 Å². The Labute approximate surface area is 166 Å². The van der Waals surface area contributed by atoms with Crippen LogP contribution in [0.4, 0.5) is 4.39 Å². The van der Waals surface area contributed by atoms with Gasteiger partial charge in [-0.15, -0.1) is 0 Å². The minimum Gasteiger partial charge on any atom is -0.264 e. The molecule has 0 N–H and O–H groups in total. The molecule has 0 aliphatic heterocycles. The number of hydrogen-bond donors (Lipinski definition) is 0. The van der Waals surface area contributed by atoms with Crippen molar-refractivity contribution in [3.8, 4) is 22.4 Å². The summed E-state index contributed by atoms with van der Waals surface area (Å²) in [7, 11) is 1.98. The first kappa shape index (κ1) is 17.1. The van der Waals surface area contributed by atoms with Crippen LogP contribution in [0.2, 0.25) is 0 Å². The first-order valence-electron chi connectivity index (χ1n) is 9.91. The molecule has 2 aromatic carbocycles. The fraction of sp³-hybridized carbons (Fsp3) is 0.200. The molecule has 28 heavy (non-hydrogen) atoms. The van der Waals surface area contributed by atoms with Crippen LogP contribution in [0, 0.1) is 33.5 Å². The molecule has 3 heteroatoms. The van der Waals surface area contributed by atoms with E-state index >= 15 is 0 Å². The normalized spacial score (nSPS) is 11.7. The van der Waals surface area contributed by atoms with Gasteiger partial charge in [-0.05, 0) is 72.7 Å². The Balaban J connectivity index is 2.09. The Morgan fingerprint density at radius 2 is 1.79 bits per heavy atom. The van der Waals surface area contributed by atoms with Crippen molar-refractivity contribution in [2.75, 3.05) is 0 Å². The summed E-state index contributed by atoms with van der Waals surface area (Å²) in [5, 5.41) is 1.88. The number of hydrogen-bond acceptors (Lipinski definition) is 1. The van der Waals surface area contributed by atoms with E-state index in [1.807, 2.05) is 56.8 Å². The Bertz CT molecular complexity index is 1260. The average molecular weight is 372 g/mol. The number of fused-ring (bicyclic) bond motifs is 1. The number of halogens is 1. The molecule has 0 saturated carbocycles. The maximum absolute atomic E-state index is 14.4. The van der Waals surface area contributed by atoms with Crippen LogP contribution in [-0.4, -0.2) is 4.98 Å². The fourth-order valence-corrected chi connectivity index (χ4v) is 3.82. The molecule has 4 aromatic rings. The largest absolute Gasteiger partial charge is 0.264 e. The summed E-state index contributed by atoms with van der Waals surface area (Å²) in [6, 6.07) is 12.6. The molecular weight excluding hydrogens is 347 g/mol. The summed E-state index contributed by atoms with van der Waals surface area (Å²) in [5.74, 6) is -0.147. The van der Waals surface area contributed by atoms with Gasteiger partial charge in [0.25, 0.3) is 0 Å². The number of benzene rings is 2. The van der Waals surface area contributed by atoms with E-state index in [0.717, 1.165) is 44.4 Å². The monoisotopic (exact) mass is 372 g/mol. The molecule has 2 aromatic heterocycles. The first-order valence-corrected chi connectivity index (χ1v) is 9.41. The third kappa shape index (κ3) is 2.88. The lowest BCUT2D eigenvalue weighted by Gasteiger charge is -2.14. The molecule has 0 aliphatic carbocycles. The molecule has 4 rings (SSSR count). The molecule has 0 aliphatic rings. The van der Waals surface area contributed by atoms with Crippen LogP contribution in [-0.2, 0) is 7.05 Å². The molecule has 0 atom stereocenters. The molecule has 0 spiro atoms. The van der Waals surface area contributed by atoms with Crippen LogP contribution >= 0.6 is 0 Å². The highest BCUT2D eigenvalue weighted by molar-refractivity contribution is 5.96. The molecule has 140 valence electrons. The quantitative estimate of drug-likeness (QED) is 0.408. The highest BCUT2D eigenvalue weighted by atomic mass is 19.1. The SMILES string of the molecule is [2H]c1c(C)[n+](C)c(-c2cc(C)c(F)c(C)c2C)c2ccc(-c3cccnc3)cc12. The topological polar surface area (TPSA) is 16.8 Å². The van der Waals surface area contributed by atoms with Crippen molar-refractivity contribution in [3.05, 3.63) is 83.0 Å². The number of aromatic nitrogens is 2. The van der Waals surface area contributed by atoms with E-state index in [1.165, 1.54) is 0 Å². The lowest BCUT2D eigenvalue weighted by atomic mass is 9.92. The van der Waals surface area contributed by atoms with Crippen LogP contribution in [0.3, 0.4) is 0 Å². The minimum absolute atomic E-state index is 0.147. The van der Waals surface area contributed by atoms with E-state index in [2.05, 4.69) is 23.2 Å². The van der Waals surface area contributed by atoms with E-state index in [0.29, 0.717) is 17.2 Å². The summed E-state index contributed by atoms with van der Waals surface area (Å²) in [6.45, 7) is 7.56. The van der Waals surface area contributed by atoms with Crippen molar-refractivity contribution in [2.24, 2.45) is 7.05 Å². The second kappa shape index (κ2) is 6.83. The molecule has 0 unspecified atom stereocenters.